The Bertz CT molecular complexity index is 149. The summed E-state index contributed by atoms with van der Waals surface area (Å²) in [7, 11) is 0. The first-order valence-corrected chi connectivity index (χ1v) is 2.59. The Labute approximate surface area is 54.5 Å². The van der Waals surface area contributed by atoms with Crippen LogP contribution in [-0.4, -0.2) is 11.7 Å². The molecule has 3 heteroatoms. The number of carbonyl (C=O) groups excluding carboxylic acids is 1. The summed E-state index contributed by atoms with van der Waals surface area (Å²) >= 11 is 0. The van der Waals surface area contributed by atoms with E-state index >= 15 is 0 Å². The van der Waals surface area contributed by atoms with Gasteiger partial charge in [0.1, 0.15) is 5.84 Å². The molecule has 0 radical (unpaired) electrons. The summed E-state index contributed by atoms with van der Waals surface area (Å²) in [6.07, 6.45) is 1.38. The SMILES string of the molecule is C=C/N=C(/C)NC(C)=O. The summed E-state index contributed by atoms with van der Waals surface area (Å²) in [5.41, 5.74) is 0. The minimum atomic E-state index is -0.113. The largest absolute Gasteiger partial charge is 0.315 e. The third-order valence-corrected chi connectivity index (χ3v) is 0.642. The highest BCUT2D eigenvalue weighted by atomic mass is 16.1. The summed E-state index contributed by atoms with van der Waals surface area (Å²) in [6, 6.07) is 0. The Morgan fingerprint density at radius 2 is 2.22 bits per heavy atom. The zero-order chi connectivity index (χ0) is 7.28. The van der Waals surface area contributed by atoms with Gasteiger partial charge in [0.25, 0.3) is 0 Å². The van der Waals surface area contributed by atoms with Crippen molar-refractivity contribution in [2.24, 2.45) is 4.99 Å². The smallest absolute Gasteiger partial charge is 0.222 e. The average molecular weight is 126 g/mol. The molecule has 1 N–H and O–H groups in total. The topological polar surface area (TPSA) is 41.5 Å². The summed E-state index contributed by atoms with van der Waals surface area (Å²) in [5, 5.41) is 2.48. The molecule has 0 aromatic rings. The first-order chi connectivity index (χ1) is 4.16. The number of hydrogen-bond donors (Lipinski definition) is 1. The molecule has 0 aliphatic carbocycles. The molecule has 0 fully saturated rings. The molecule has 0 aromatic carbocycles. The molecule has 0 aromatic heterocycles. The van der Waals surface area contributed by atoms with Gasteiger partial charge in [-0.3, -0.25) is 4.79 Å². The fourth-order valence-electron chi connectivity index (χ4n) is 0.424. The van der Waals surface area contributed by atoms with Crippen LogP contribution >= 0.6 is 0 Å². The van der Waals surface area contributed by atoms with E-state index in [1.807, 2.05) is 0 Å². The third kappa shape index (κ3) is 4.74. The third-order valence-electron chi connectivity index (χ3n) is 0.642. The predicted octanol–water partition coefficient (Wildman–Crippen LogP) is 0.684. The van der Waals surface area contributed by atoms with Gasteiger partial charge in [0.2, 0.25) is 5.91 Å². The predicted molar refractivity (Wildman–Crippen MR) is 37.1 cm³/mol. The molecule has 50 valence electrons. The second kappa shape index (κ2) is 3.83. The quantitative estimate of drug-likeness (QED) is 0.407. The van der Waals surface area contributed by atoms with Crippen LogP contribution < -0.4 is 5.32 Å². The first kappa shape index (κ1) is 7.88. The lowest BCUT2D eigenvalue weighted by Crippen LogP contribution is -2.24. The van der Waals surface area contributed by atoms with E-state index in [-0.39, 0.29) is 5.91 Å². The van der Waals surface area contributed by atoms with Gasteiger partial charge in [-0.05, 0) is 6.92 Å². The number of hydrogen-bond acceptors (Lipinski definition) is 2. The van der Waals surface area contributed by atoms with Crippen LogP contribution in [0.5, 0.6) is 0 Å². The average Bonchev–Trinajstić information content (AvgIpc) is 1.63. The maximum absolute atomic E-state index is 10.3. The van der Waals surface area contributed by atoms with E-state index in [9.17, 15) is 4.79 Å². The molecule has 0 unspecified atom stereocenters. The second-order valence-electron chi connectivity index (χ2n) is 1.58. The van der Waals surface area contributed by atoms with Gasteiger partial charge in [-0.15, -0.1) is 0 Å². The van der Waals surface area contributed by atoms with Crippen molar-refractivity contribution in [2.45, 2.75) is 13.8 Å². The number of amidine groups is 1. The lowest BCUT2D eigenvalue weighted by molar-refractivity contribution is -0.117. The van der Waals surface area contributed by atoms with Crippen LogP contribution in [0.2, 0.25) is 0 Å². The number of nitrogens with one attached hydrogen (secondary N) is 1. The molecule has 0 atom stereocenters. The van der Waals surface area contributed by atoms with E-state index < -0.39 is 0 Å². The van der Waals surface area contributed by atoms with Crippen LogP contribution in [0, 0.1) is 0 Å². The van der Waals surface area contributed by atoms with Crippen LogP contribution in [-0.2, 0) is 4.79 Å². The minimum absolute atomic E-state index is 0.113. The van der Waals surface area contributed by atoms with E-state index in [1.54, 1.807) is 6.92 Å². The Morgan fingerprint density at radius 1 is 1.67 bits per heavy atom. The summed E-state index contributed by atoms with van der Waals surface area (Å²) < 4.78 is 0. The fraction of sp³-hybridized carbons (Fsp3) is 0.333. The van der Waals surface area contributed by atoms with Crippen molar-refractivity contribution in [1.29, 1.82) is 0 Å². The molecule has 0 saturated heterocycles. The Hall–Kier alpha value is -1.12. The van der Waals surface area contributed by atoms with Gasteiger partial charge in [-0.1, -0.05) is 6.58 Å². The van der Waals surface area contributed by atoms with Crippen molar-refractivity contribution in [3.05, 3.63) is 12.8 Å². The molecule has 0 saturated carbocycles. The molecule has 0 spiro atoms. The van der Waals surface area contributed by atoms with Gasteiger partial charge < -0.3 is 5.32 Å². The van der Waals surface area contributed by atoms with E-state index in [1.165, 1.54) is 13.1 Å². The number of rotatable bonds is 1. The summed E-state index contributed by atoms with van der Waals surface area (Å²) in [4.78, 5) is 14.0. The van der Waals surface area contributed by atoms with Crippen LogP contribution in [0.25, 0.3) is 0 Å². The van der Waals surface area contributed by atoms with Crippen molar-refractivity contribution in [3.8, 4) is 0 Å². The van der Waals surface area contributed by atoms with Crippen molar-refractivity contribution in [2.75, 3.05) is 0 Å². The van der Waals surface area contributed by atoms with E-state index in [0.717, 1.165) is 0 Å². The first-order valence-electron chi connectivity index (χ1n) is 2.59. The van der Waals surface area contributed by atoms with Crippen LogP contribution in [0.1, 0.15) is 13.8 Å². The molecule has 1 amide bonds. The van der Waals surface area contributed by atoms with Crippen LogP contribution in [0.3, 0.4) is 0 Å². The summed E-state index contributed by atoms with van der Waals surface area (Å²) in [6.45, 7) is 6.50. The van der Waals surface area contributed by atoms with Gasteiger partial charge in [0.05, 0.1) is 0 Å². The van der Waals surface area contributed by atoms with E-state index in [0.29, 0.717) is 5.84 Å². The highest BCUT2D eigenvalue weighted by Gasteiger charge is 1.89. The lowest BCUT2D eigenvalue weighted by Gasteiger charge is -1.95. The normalized spacial score (nSPS) is 10.7. The zero-order valence-corrected chi connectivity index (χ0v) is 5.64. The second-order valence-corrected chi connectivity index (χ2v) is 1.58. The Morgan fingerprint density at radius 3 is 2.56 bits per heavy atom. The van der Waals surface area contributed by atoms with E-state index in [2.05, 4.69) is 16.9 Å². The Balaban J connectivity index is 3.75. The maximum atomic E-state index is 10.3. The molecule has 0 bridgehead atoms. The van der Waals surface area contributed by atoms with Crippen molar-refractivity contribution < 1.29 is 4.79 Å². The lowest BCUT2D eigenvalue weighted by atomic mass is 10.6. The molecule has 0 aliphatic heterocycles. The van der Waals surface area contributed by atoms with Crippen LogP contribution in [0.15, 0.2) is 17.8 Å². The van der Waals surface area contributed by atoms with Gasteiger partial charge in [0.15, 0.2) is 0 Å². The number of aliphatic imine (C=N–C) groups is 1. The molecule has 0 aliphatic rings. The zero-order valence-electron chi connectivity index (χ0n) is 5.64. The van der Waals surface area contributed by atoms with Crippen molar-refractivity contribution in [3.63, 3.8) is 0 Å². The van der Waals surface area contributed by atoms with Crippen molar-refractivity contribution >= 4 is 11.7 Å². The number of nitrogens with zero attached hydrogens (tertiary/aromatic N) is 1. The Kier molecular flexibility index (Phi) is 3.35. The number of carbonyl (C=O) groups is 1. The molecule has 0 rings (SSSR count). The van der Waals surface area contributed by atoms with Gasteiger partial charge in [-0.25, -0.2) is 4.99 Å². The summed E-state index contributed by atoms with van der Waals surface area (Å²) in [5.74, 6) is 0.454. The van der Waals surface area contributed by atoms with E-state index in [4.69, 9.17) is 0 Å². The van der Waals surface area contributed by atoms with Gasteiger partial charge >= 0.3 is 0 Å². The monoisotopic (exact) mass is 126 g/mol. The highest BCUT2D eigenvalue weighted by Crippen LogP contribution is 1.72. The highest BCUT2D eigenvalue weighted by molar-refractivity contribution is 5.95. The van der Waals surface area contributed by atoms with Gasteiger partial charge in [0, 0.05) is 13.1 Å². The molecular formula is C6H10N2O. The maximum Gasteiger partial charge on any atom is 0.222 e. The minimum Gasteiger partial charge on any atom is -0.315 e. The van der Waals surface area contributed by atoms with Crippen LogP contribution in [0.4, 0.5) is 0 Å². The molecule has 0 heterocycles. The molecule has 9 heavy (non-hydrogen) atoms. The van der Waals surface area contributed by atoms with Crippen molar-refractivity contribution in [1.82, 2.24) is 5.32 Å². The van der Waals surface area contributed by atoms with Gasteiger partial charge in [-0.2, -0.15) is 0 Å². The molecule has 3 nitrogen and oxygen atoms in total. The molecular weight excluding hydrogens is 116 g/mol. The standard InChI is InChI=1S/C6H10N2O/c1-4-7-5(2)8-6(3)9/h4H,1H2,2-3H3,(H,7,8,9). The fourth-order valence-corrected chi connectivity index (χ4v) is 0.424. The number of amides is 1.